The van der Waals surface area contributed by atoms with Crippen LogP contribution in [0.5, 0.6) is 0 Å². The van der Waals surface area contributed by atoms with E-state index in [0.29, 0.717) is 5.92 Å². The molecule has 0 aliphatic rings. The lowest BCUT2D eigenvalue weighted by Gasteiger charge is -2.15. The van der Waals surface area contributed by atoms with Gasteiger partial charge in [0, 0.05) is 17.9 Å². The van der Waals surface area contributed by atoms with Crippen LogP contribution in [0.2, 0.25) is 0 Å². The lowest BCUT2D eigenvalue weighted by molar-refractivity contribution is -0.115. The molecule has 0 fully saturated rings. The third-order valence-electron chi connectivity index (χ3n) is 4.25. The number of imidazole rings is 1. The Morgan fingerprint density at radius 2 is 1.84 bits per heavy atom. The molecule has 1 aromatic carbocycles. The highest BCUT2D eigenvalue weighted by atomic mass is 32.2. The number of aryl methyl sites for hydroxylation is 2. The fourth-order valence-electron chi connectivity index (χ4n) is 2.57. The average Bonchev–Trinajstić information content (AvgIpc) is 2.82. The maximum absolute atomic E-state index is 12.5. The van der Waals surface area contributed by atoms with Crippen molar-refractivity contribution in [3.63, 3.8) is 0 Å². The summed E-state index contributed by atoms with van der Waals surface area (Å²) in [5.41, 5.74) is 4.32. The van der Waals surface area contributed by atoms with E-state index in [1.54, 1.807) is 0 Å². The number of hydrogen-bond donors (Lipinski definition) is 1. The second kappa shape index (κ2) is 8.56. The molecule has 25 heavy (non-hydrogen) atoms. The molecule has 1 atom stereocenters. The number of hydrogen-bond acceptors (Lipinski definition) is 3. The average molecular weight is 360 g/mol. The quantitative estimate of drug-likeness (QED) is 0.720. The predicted molar refractivity (Wildman–Crippen MR) is 106 cm³/mol. The Hall–Kier alpha value is -1.75. The van der Waals surface area contributed by atoms with Crippen molar-refractivity contribution in [1.29, 1.82) is 0 Å². The summed E-state index contributed by atoms with van der Waals surface area (Å²) in [5, 5.41) is 3.71. The maximum atomic E-state index is 12.5. The maximum Gasteiger partial charge on any atom is 0.237 e. The van der Waals surface area contributed by atoms with Gasteiger partial charge in [-0.2, -0.15) is 0 Å². The van der Waals surface area contributed by atoms with Crippen LogP contribution >= 0.6 is 11.8 Å². The van der Waals surface area contributed by atoms with Crippen molar-refractivity contribution in [3.8, 4) is 0 Å². The van der Waals surface area contributed by atoms with Gasteiger partial charge < -0.3 is 9.88 Å². The standard InChI is InChI=1S/C20H29N3OS/c1-7-17-8-10-18(11-9-17)22-19(24)16(6)25-20-21-14(4)15(5)23(20)12-13(2)3/h8-11,13,16H,7,12H2,1-6H3,(H,22,24). The summed E-state index contributed by atoms with van der Waals surface area (Å²) >= 11 is 1.52. The number of carbonyl (C=O) groups is 1. The van der Waals surface area contributed by atoms with E-state index < -0.39 is 0 Å². The molecule has 0 aliphatic carbocycles. The molecule has 5 heteroatoms. The zero-order valence-corrected chi connectivity index (χ0v) is 16.9. The molecule has 0 spiro atoms. The van der Waals surface area contributed by atoms with E-state index in [1.165, 1.54) is 23.0 Å². The molecule has 2 aromatic rings. The van der Waals surface area contributed by atoms with Crippen molar-refractivity contribution in [2.75, 3.05) is 5.32 Å². The number of carbonyl (C=O) groups excluding carboxylic acids is 1. The van der Waals surface area contributed by atoms with Crippen molar-refractivity contribution < 1.29 is 4.79 Å². The number of nitrogens with zero attached hydrogens (tertiary/aromatic N) is 2. The Labute approximate surface area is 155 Å². The van der Waals surface area contributed by atoms with Crippen molar-refractivity contribution >= 4 is 23.4 Å². The molecule has 1 heterocycles. The summed E-state index contributed by atoms with van der Waals surface area (Å²) in [6, 6.07) is 8.02. The first kappa shape index (κ1) is 19.6. The lowest BCUT2D eigenvalue weighted by atomic mass is 10.1. The lowest BCUT2D eigenvalue weighted by Crippen LogP contribution is -2.23. The Morgan fingerprint density at radius 1 is 1.20 bits per heavy atom. The Bertz CT molecular complexity index is 719. The monoisotopic (exact) mass is 359 g/mol. The van der Waals surface area contributed by atoms with Gasteiger partial charge >= 0.3 is 0 Å². The summed E-state index contributed by atoms with van der Waals surface area (Å²) in [7, 11) is 0. The van der Waals surface area contributed by atoms with Gasteiger partial charge in [0.05, 0.1) is 10.9 Å². The number of benzene rings is 1. The molecule has 1 N–H and O–H groups in total. The molecular weight excluding hydrogens is 330 g/mol. The summed E-state index contributed by atoms with van der Waals surface area (Å²) in [6.07, 6.45) is 0.998. The summed E-state index contributed by atoms with van der Waals surface area (Å²) in [4.78, 5) is 17.2. The van der Waals surface area contributed by atoms with Crippen LogP contribution in [0.15, 0.2) is 29.4 Å². The van der Waals surface area contributed by atoms with Crippen LogP contribution in [0, 0.1) is 19.8 Å². The van der Waals surface area contributed by atoms with E-state index in [0.717, 1.165) is 29.5 Å². The Balaban J connectivity index is 2.06. The minimum Gasteiger partial charge on any atom is -0.325 e. The zero-order chi connectivity index (χ0) is 18.6. The SMILES string of the molecule is CCc1ccc(NC(=O)C(C)Sc2nc(C)c(C)n2CC(C)C)cc1. The van der Waals surface area contributed by atoms with Crippen molar-refractivity contribution in [2.45, 2.75) is 64.9 Å². The van der Waals surface area contributed by atoms with Gasteiger partial charge in [-0.1, -0.05) is 44.7 Å². The van der Waals surface area contributed by atoms with E-state index in [4.69, 9.17) is 0 Å². The molecule has 2 rings (SSSR count). The van der Waals surface area contributed by atoms with E-state index in [2.05, 4.69) is 54.7 Å². The molecule has 0 saturated heterocycles. The van der Waals surface area contributed by atoms with Gasteiger partial charge in [0.1, 0.15) is 0 Å². The van der Waals surface area contributed by atoms with Crippen LogP contribution in [0.3, 0.4) is 0 Å². The van der Waals surface area contributed by atoms with Crippen LogP contribution < -0.4 is 5.32 Å². The highest BCUT2D eigenvalue weighted by Crippen LogP contribution is 2.27. The fourth-order valence-corrected chi connectivity index (χ4v) is 3.58. The van der Waals surface area contributed by atoms with Crippen molar-refractivity contribution in [1.82, 2.24) is 9.55 Å². The largest absolute Gasteiger partial charge is 0.325 e. The number of rotatable bonds is 7. The van der Waals surface area contributed by atoms with Crippen LogP contribution in [-0.2, 0) is 17.8 Å². The van der Waals surface area contributed by atoms with Gasteiger partial charge in [-0.15, -0.1) is 0 Å². The first-order chi connectivity index (χ1) is 11.8. The highest BCUT2D eigenvalue weighted by Gasteiger charge is 2.20. The molecule has 4 nitrogen and oxygen atoms in total. The van der Waals surface area contributed by atoms with Crippen LogP contribution in [-0.4, -0.2) is 20.7 Å². The van der Waals surface area contributed by atoms with Gasteiger partial charge in [0.25, 0.3) is 0 Å². The minimum absolute atomic E-state index is 0.00338. The molecule has 1 unspecified atom stereocenters. The van der Waals surface area contributed by atoms with Gasteiger partial charge in [-0.3, -0.25) is 4.79 Å². The van der Waals surface area contributed by atoms with Crippen molar-refractivity contribution in [2.24, 2.45) is 5.92 Å². The van der Waals surface area contributed by atoms with E-state index in [-0.39, 0.29) is 11.2 Å². The van der Waals surface area contributed by atoms with Crippen LogP contribution in [0.4, 0.5) is 5.69 Å². The second-order valence-electron chi connectivity index (χ2n) is 6.87. The summed E-state index contributed by atoms with van der Waals surface area (Å²) in [5.74, 6) is 0.538. The highest BCUT2D eigenvalue weighted by molar-refractivity contribution is 8.00. The first-order valence-corrected chi connectivity index (χ1v) is 9.80. The topological polar surface area (TPSA) is 46.9 Å². The minimum atomic E-state index is -0.210. The predicted octanol–water partition coefficient (Wildman–Crippen LogP) is 4.84. The van der Waals surface area contributed by atoms with Gasteiger partial charge in [0.15, 0.2) is 5.16 Å². The second-order valence-corrected chi connectivity index (χ2v) is 8.18. The van der Waals surface area contributed by atoms with Gasteiger partial charge in [0.2, 0.25) is 5.91 Å². The third kappa shape index (κ3) is 5.11. The third-order valence-corrected chi connectivity index (χ3v) is 5.34. The zero-order valence-electron chi connectivity index (χ0n) is 16.1. The van der Waals surface area contributed by atoms with E-state index in [9.17, 15) is 4.79 Å². The van der Waals surface area contributed by atoms with Gasteiger partial charge in [-0.05, 0) is 50.8 Å². The Kier molecular flexibility index (Phi) is 6.71. The number of thioether (sulfide) groups is 1. The van der Waals surface area contributed by atoms with E-state index in [1.807, 2.05) is 26.0 Å². The normalized spacial score (nSPS) is 12.4. The van der Waals surface area contributed by atoms with Crippen LogP contribution in [0.1, 0.15) is 44.6 Å². The van der Waals surface area contributed by atoms with Gasteiger partial charge in [-0.25, -0.2) is 4.98 Å². The van der Waals surface area contributed by atoms with Crippen LogP contribution in [0.25, 0.3) is 0 Å². The molecule has 136 valence electrons. The smallest absolute Gasteiger partial charge is 0.237 e. The van der Waals surface area contributed by atoms with Crippen molar-refractivity contribution in [3.05, 3.63) is 41.2 Å². The molecule has 0 aliphatic heterocycles. The van der Waals surface area contributed by atoms with E-state index >= 15 is 0 Å². The number of anilines is 1. The summed E-state index contributed by atoms with van der Waals surface area (Å²) in [6.45, 7) is 13.5. The number of nitrogens with one attached hydrogen (secondary N) is 1. The fraction of sp³-hybridized carbons (Fsp3) is 0.500. The molecule has 1 amide bonds. The molecule has 0 bridgehead atoms. The number of aromatic nitrogens is 2. The Morgan fingerprint density at radius 3 is 2.40 bits per heavy atom. The molecular formula is C20H29N3OS. The number of amides is 1. The summed E-state index contributed by atoms with van der Waals surface area (Å²) < 4.78 is 2.23. The molecule has 0 saturated carbocycles. The first-order valence-electron chi connectivity index (χ1n) is 8.92. The molecule has 0 radical (unpaired) electrons. The molecule has 1 aromatic heterocycles.